The molecule has 5 nitrogen and oxygen atoms in total. The summed E-state index contributed by atoms with van der Waals surface area (Å²) in [4.78, 5) is 0. The minimum Gasteiger partial charge on any atom is -0.466 e. The van der Waals surface area contributed by atoms with Crippen molar-refractivity contribution >= 4 is 11.3 Å². The number of rotatable bonds is 5. The highest BCUT2D eigenvalue weighted by atomic mass is 32.1. The molecule has 12 heavy (non-hydrogen) atoms. The van der Waals surface area contributed by atoms with Gasteiger partial charge in [-0.1, -0.05) is 11.3 Å². The van der Waals surface area contributed by atoms with Gasteiger partial charge < -0.3 is 15.2 Å². The number of hydrogen-bond donors (Lipinski definition) is 1. The standard InChI is InChI=1S/C6H11N3O2S/c1-10-2-3-11-6-9-8-5(4-7)12-6/h2-4,7H2,1H3. The molecular formula is C6H11N3O2S. The Morgan fingerprint density at radius 3 is 2.83 bits per heavy atom. The van der Waals surface area contributed by atoms with Crippen LogP contribution in [0.1, 0.15) is 5.01 Å². The van der Waals surface area contributed by atoms with Gasteiger partial charge in [-0.2, -0.15) is 0 Å². The van der Waals surface area contributed by atoms with Gasteiger partial charge in [-0.3, -0.25) is 0 Å². The molecule has 1 aromatic heterocycles. The zero-order valence-corrected chi connectivity index (χ0v) is 7.63. The quantitative estimate of drug-likeness (QED) is 0.661. The zero-order valence-electron chi connectivity index (χ0n) is 6.82. The van der Waals surface area contributed by atoms with Gasteiger partial charge in [0, 0.05) is 13.7 Å². The van der Waals surface area contributed by atoms with Crippen LogP contribution >= 0.6 is 11.3 Å². The second-order valence-corrected chi connectivity index (χ2v) is 3.03. The SMILES string of the molecule is COCCOc1nnc(CN)s1. The molecule has 2 N–H and O–H groups in total. The van der Waals surface area contributed by atoms with Crippen molar-refractivity contribution in [1.29, 1.82) is 0 Å². The molecule has 0 bridgehead atoms. The van der Waals surface area contributed by atoms with Crippen LogP contribution < -0.4 is 10.5 Å². The lowest BCUT2D eigenvalue weighted by molar-refractivity contribution is 0.145. The molecule has 0 amide bonds. The van der Waals surface area contributed by atoms with Crippen LogP contribution in [-0.4, -0.2) is 30.5 Å². The summed E-state index contributed by atoms with van der Waals surface area (Å²) < 4.78 is 10.00. The average molecular weight is 189 g/mol. The van der Waals surface area contributed by atoms with Crippen LogP contribution in [0.2, 0.25) is 0 Å². The molecule has 0 atom stereocenters. The van der Waals surface area contributed by atoms with Crippen molar-refractivity contribution in [3.63, 3.8) is 0 Å². The van der Waals surface area contributed by atoms with E-state index in [1.54, 1.807) is 7.11 Å². The van der Waals surface area contributed by atoms with Crippen molar-refractivity contribution in [3.8, 4) is 5.19 Å². The minimum absolute atomic E-state index is 0.408. The number of nitrogens with two attached hydrogens (primary N) is 1. The molecule has 6 heteroatoms. The molecule has 0 fully saturated rings. The molecule has 0 aliphatic rings. The number of ether oxygens (including phenoxy) is 2. The first-order valence-electron chi connectivity index (χ1n) is 3.51. The Kier molecular flexibility index (Phi) is 3.92. The zero-order chi connectivity index (χ0) is 8.81. The lowest BCUT2D eigenvalue weighted by Crippen LogP contribution is -2.03. The lowest BCUT2D eigenvalue weighted by atomic mass is 10.7. The second-order valence-electron chi connectivity index (χ2n) is 2.01. The van der Waals surface area contributed by atoms with E-state index in [0.717, 1.165) is 5.01 Å². The van der Waals surface area contributed by atoms with Gasteiger partial charge in [-0.15, -0.1) is 10.2 Å². The summed E-state index contributed by atoms with van der Waals surface area (Å²) in [6, 6.07) is 0. The van der Waals surface area contributed by atoms with E-state index in [4.69, 9.17) is 15.2 Å². The third-order valence-electron chi connectivity index (χ3n) is 1.14. The van der Waals surface area contributed by atoms with Crippen LogP contribution in [0, 0.1) is 0 Å². The molecule has 68 valence electrons. The van der Waals surface area contributed by atoms with E-state index in [1.807, 2.05) is 0 Å². The topological polar surface area (TPSA) is 70.3 Å². The third-order valence-corrected chi connectivity index (χ3v) is 1.99. The summed E-state index contributed by atoms with van der Waals surface area (Å²) in [5.74, 6) is 0. The van der Waals surface area contributed by atoms with Crippen LogP contribution in [0.4, 0.5) is 0 Å². The maximum absolute atomic E-state index is 5.35. The smallest absolute Gasteiger partial charge is 0.294 e. The predicted octanol–water partition coefficient (Wildman–Crippen LogP) is 0.0220. The van der Waals surface area contributed by atoms with Crippen molar-refractivity contribution in [2.45, 2.75) is 6.54 Å². The van der Waals surface area contributed by atoms with E-state index < -0.39 is 0 Å². The van der Waals surface area contributed by atoms with Crippen LogP contribution in [0.25, 0.3) is 0 Å². The van der Waals surface area contributed by atoms with Crippen LogP contribution in [-0.2, 0) is 11.3 Å². The molecule has 0 spiro atoms. The Morgan fingerprint density at radius 1 is 1.42 bits per heavy atom. The largest absolute Gasteiger partial charge is 0.466 e. The first-order chi connectivity index (χ1) is 5.86. The Hall–Kier alpha value is -0.720. The van der Waals surface area contributed by atoms with Crippen LogP contribution in [0.15, 0.2) is 0 Å². The Morgan fingerprint density at radius 2 is 2.25 bits per heavy atom. The van der Waals surface area contributed by atoms with Gasteiger partial charge in [0.1, 0.15) is 11.6 Å². The summed E-state index contributed by atoms with van der Waals surface area (Å²) >= 11 is 1.36. The maximum Gasteiger partial charge on any atom is 0.294 e. The molecular weight excluding hydrogens is 178 g/mol. The second kappa shape index (κ2) is 5.02. The van der Waals surface area contributed by atoms with Gasteiger partial charge in [-0.05, 0) is 0 Å². The Bertz CT molecular complexity index is 228. The fraction of sp³-hybridized carbons (Fsp3) is 0.667. The molecule has 1 rings (SSSR count). The van der Waals surface area contributed by atoms with Crippen molar-refractivity contribution in [2.24, 2.45) is 5.73 Å². The number of nitrogens with zero attached hydrogens (tertiary/aromatic N) is 2. The van der Waals surface area contributed by atoms with Crippen molar-refractivity contribution in [3.05, 3.63) is 5.01 Å². The van der Waals surface area contributed by atoms with Crippen LogP contribution in [0.3, 0.4) is 0 Å². The normalized spacial score (nSPS) is 10.2. The first-order valence-corrected chi connectivity index (χ1v) is 4.32. The monoisotopic (exact) mass is 189 g/mol. The summed E-state index contributed by atoms with van der Waals surface area (Å²) in [5, 5.41) is 8.89. The average Bonchev–Trinajstić information content (AvgIpc) is 2.53. The molecule has 0 unspecified atom stereocenters. The van der Waals surface area contributed by atoms with Crippen LogP contribution in [0.5, 0.6) is 5.19 Å². The molecule has 0 aromatic carbocycles. The molecule has 0 saturated carbocycles. The van der Waals surface area contributed by atoms with Gasteiger partial charge in [0.15, 0.2) is 0 Å². The minimum atomic E-state index is 0.408. The molecule has 0 radical (unpaired) electrons. The maximum atomic E-state index is 5.35. The highest BCUT2D eigenvalue weighted by Gasteiger charge is 2.01. The number of aromatic nitrogens is 2. The molecule has 1 aromatic rings. The van der Waals surface area contributed by atoms with Gasteiger partial charge in [0.25, 0.3) is 5.19 Å². The third kappa shape index (κ3) is 2.72. The van der Waals surface area contributed by atoms with Gasteiger partial charge in [-0.25, -0.2) is 0 Å². The van der Waals surface area contributed by atoms with Crippen molar-refractivity contribution in [2.75, 3.05) is 20.3 Å². The Labute approximate surface area is 74.5 Å². The van der Waals surface area contributed by atoms with Gasteiger partial charge >= 0.3 is 0 Å². The molecule has 1 heterocycles. The van der Waals surface area contributed by atoms with Crippen molar-refractivity contribution in [1.82, 2.24) is 10.2 Å². The fourth-order valence-electron chi connectivity index (χ4n) is 0.591. The van der Waals surface area contributed by atoms with E-state index in [2.05, 4.69) is 10.2 Å². The van der Waals surface area contributed by atoms with E-state index in [1.165, 1.54) is 11.3 Å². The fourth-order valence-corrected chi connectivity index (χ4v) is 1.18. The van der Waals surface area contributed by atoms with Gasteiger partial charge in [0.05, 0.1) is 6.61 Å². The van der Waals surface area contributed by atoms with E-state index in [0.29, 0.717) is 25.0 Å². The number of hydrogen-bond acceptors (Lipinski definition) is 6. The summed E-state index contributed by atoms with van der Waals surface area (Å²) in [6.45, 7) is 1.46. The Balaban J connectivity index is 2.31. The number of methoxy groups -OCH3 is 1. The van der Waals surface area contributed by atoms with Crippen molar-refractivity contribution < 1.29 is 9.47 Å². The van der Waals surface area contributed by atoms with E-state index in [9.17, 15) is 0 Å². The summed E-state index contributed by atoms with van der Waals surface area (Å²) in [5.41, 5.74) is 5.35. The predicted molar refractivity (Wildman–Crippen MR) is 45.2 cm³/mol. The molecule has 0 saturated heterocycles. The summed E-state index contributed by atoms with van der Waals surface area (Å²) in [6.07, 6.45) is 0. The lowest BCUT2D eigenvalue weighted by Gasteiger charge is -1.98. The van der Waals surface area contributed by atoms with E-state index in [-0.39, 0.29) is 0 Å². The first kappa shape index (κ1) is 9.37. The highest BCUT2D eigenvalue weighted by Crippen LogP contribution is 2.16. The summed E-state index contributed by atoms with van der Waals surface area (Å²) in [7, 11) is 1.62. The molecule has 0 aliphatic heterocycles. The van der Waals surface area contributed by atoms with E-state index >= 15 is 0 Å². The highest BCUT2D eigenvalue weighted by molar-refractivity contribution is 7.13. The molecule has 0 aliphatic carbocycles. The van der Waals surface area contributed by atoms with Gasteiger partial charge in [0.2, 0.25) is 0 Å².